The Bertz CT molecular complexity index is 986. The summed E-state index contributed by atoms with van der Waals surface area (Å²) >= 11 is 0. The molecule has 156 valence electrons. The van der Waals surface area contributed by atoms with Crippen molar-refractivity contribution in [3.63, 3.8) is 0 Å². The Morgan fingerprint density at radius 2 is 1.73 bits per heavy atom. The van der Waals surface area contributed by atoms with Crippen molar-refractivity contribution in [2.45, 2.75) is 38.8 Å². The van der Waals surface area contributed by atoms with Gasteiger partial charge in [-0.3, -0.25) is 10.1 Å². The highest BCUT2D eigenvalue weighted by Gasteiger charge is 2.33. The lowest BCUT2D eigenvalue weighted by Crippen LogP contribution is -2.57. The Morgan fingerprint density at radius 3 is 2.17 bits per heavy atom. The summed E-state index contributed by atoms with van der Waals surface area (Å²) in [5, 5.41) is 43.6. The molecule has 2 aromatic carbocycles. The van der Waals surface area contributed by atoms with Crippen LogP contribution in [0.4, 0.5) is 10.5 Å². The van der Waals surface area contributed by atoms with Crippen molar-refractivity contribution in [2.24, 2.45) is 0 Å². The molecule has 0 saturated carbocycles. The normalized spacial score (nSPS) is 13.0. The lowest BCUT2D eigenvalue weighted by Gasteiger charge is -2.43. The van der Waals surface area contributed by atoms with E-state index >= 15 is 0 Å². The maximum Gasteiger partial charge on any atom is 0.269 e. The standard InChI is InChI=1S/C22H23N3O5/c1-22(2,3)24(21(27)28)19(13-15-7-5-4-6-8-15)20(26)18(14-23)16-9-11-17(12-10-16)25(29)30/h4-12,19,26H,13H2,1-3H3,(H,27,28)/p-1. The van der Waals surface area contributed by atoms with E-state index in [4.69, 9.17) is 0 Å². The number of carbonyl (C=O) groups excluding carboxylic acids is 1. The van der Waals surface area contributed by atoms with Gasteiger partial charge >= 0.3 is 0 Å². The van der Waals surface area contributed by atoms with Crippen LogP contribution < -0.4 is 5.11 Å². The molecule has 0 bridgehead atoms. The number of nitrogens with zero attached hydrogens (tertiary/aromatic N) is 3. The van der Waals surface area contributed by atoms with E-state index in [1.807, 2.05) is 12.1 Å². The largest absolute Gasteiger partial charge is 0.530 e. The topological polar surface area (TPSA) is 131 Å². The fourth-order valence-corrected chi connectivity index (χ4v) is 3.20. The van der Waals surface area contributed by atoms with Crippen molar-refractivity contribution in [3.8, 4) is 6.07 Å². The second-order valence-corrected chi connectivity index (χ2v) is 7.69. The van der Waals surface area contributed by atoms with Crippen molar-refractivity contribution in [1.82, 2.24) is 4.90 Å². The molecule has 1 atom stereocenters. The third-order valence-electron chi connectivity index (χ3n) is 4.55. The number of nitro benzene ring substituents is 1. The van der Waals surface area contributed by atoms with Gasteiger partial charge in [0.2, 0.25) is 0 Å². The van der Waals surface area contributed by atoms with Gasteiger partial charge in [-0.25, -0.2) is 0 Å². The van der Waals surface area contributed by atoms with Crippen LogP contribution in [-0.2, 0) is 6.42 Å². The van der Waals surface area contributed by atoms with Crippen LogP contribution in [0.15, 0.2) is 60.4 Å². The summed E-state index contributed by atoms with van der Waals surface area (Å²) in [5.74, 6) is -0.450. The number of amides is 1. The van der Waals surface area contributed by atoms with E-state index < -0.39 is 28.4 Å². The molecule has 1 amide bonds. The highest BCUT2D eigenvalue weighted by molar-refractivity contribution is 5.80. The second-order valence-electron chi connectivity index (χ2n) is 7.69. The van der Waals surface area contributed by atoms with E-state index in [0.29, 0.717) is 0 Å². The predicted octanol–water partition coefficient (Wildman–Crippen LogP) is 3.44. The Morgan fingerprint density at radius 1 is 1.17 bits per heavy atom. The first kappa shape index (κ1) is 22.4. The molecule has 0 fully saturated rings. The van der Waals surface area contributed by atoms with E-state index in [1.54, 1.807) is 45.0 Å². The Kier molecular flexibility index (Phi) is 6.80. The summed E-state index contributed by atoms with van der Waals surface area (Å²) in [5.41, 5.74) is -0.261. The number of rotatable bonds is 6. The number of nitriles is 1. The Hall–Kier alpha value is -3.86. The quantitative estimate of drug-likeness (QED) is 0.337. The fraction of sp³-hybridized carbons (Fsp3) is 0.273. The van der Waals surface area contributed by atoms with E-state index in [1.165, 1.54) is 24.3 Å². The number of aliphatic hydroxyl groups is 1. The SMILES string of the molecule is CC(C)(C)N(C(=O)[O-])C(Cc1ccccc1)C(O)=C(C#N)c1ccc([N+](=O)[O-])cc1. The lowest BCUT2D eigenvalue weighted by molar-refractivity contribution is -0.384. The third-order valence-corrected chi connectivity index (χ3v) is 4.55. The monoisotopic (exact) mass is 408 g/mol. The molecule has 2 rings (SSSR count). The number of carbonyl (C=O) groups is 1. The molecule has 0 aliphatic heterocycles. The van der Waals surface area contributed by atoms with Gasteiger partial charge in [0, 0.05) is 24.1 Å². The molecule has 1 N–H and O–H groups in total. The van der Waals surface area contributed by atoms with Crippen molar-refractivity contribution < 1.29 is 19.9 Å². The maximum absolute atomic E-state index is 12.0. The molecule has 30 heavy (non-hydrogen) atoms. The van der Waals surface area contributed by atoms with Crippen LogP contribution in [0.1, 0.15) is 31.9 Å². The molecule has 0 aliphatic rings. The van der Waals surface area contributed by atoms with Crippen molar-refractivity contribution in [3.05, 3.63) is 81.6 Å². The van der Waals surface area contributed by atoms with Gasteiger partial charge in [0.25, 0.3) is 5.69 Å². The van der Waals surface area contributed by atoms with Gasteiger partial charge in [0.05, 0.1) is 16.5 Å². The third kappa shape index (κ3) is 5.14. The van der Waals surface area contributed by atoms with Crippen LogP contribution in [0, 0.1) is 21.4 Å². The minimum atomic E-state index is -1.49. The molecule has 0 saturated heterocycles. The van der Waals surface area contributed by atoms with Crippen LogP contribution in [0.2, 0.25) is 0 Å². The number of carboxylic acid groups (broad SMARTS) is 1. The van der Waals surface area contributed by atoms with Crippen LogP contribution in [0.25, 0.3) is 5.57 Å². The smallest absolute Gasteiger partial charge is 0.269 e. The molecular weight excluding hydrogens is 386 g/mol. The van der Waals surface area contributed by atoms with Gasteiger partial charge in [-0.1, -0.05) is 30.3 Å². The Labute approximate surface area is 174 Å². The highest BCUT2D eigenvalue weighted by atomic mass is 16.6. The molecule has 2 aromatic rings. The number of hydrogen-bond acceptors (Lipinski definition) is 6. The predicted molar refractivity (Wildman–Crippen MR) is 109 cm³/mol. The molecule has 0 spiro atoms. The lowest BCUT2D eigenvalue weighted by atomic mass is 9.93. The van der Waals surface area contributed by atoms with Gasteiger partial charge in [-0.15, -0.1) is 0 Å². The molecule has 0 aromatic heterocycles. The number of aliphatic hydroxyl groups excluding tert-OH is 1. The molecule has 8 heteroatoms. The zero-order chi connectivity index (χ0) is 22.5. The van der Waals surface area contributed by atoms with Crippen molar-refractivity contribution in [1.29, 1.82) is 5.26 Å². The fourth-order valence-electron chi connectivity index (χ4n) is 3.20. The number of allylic oxidation sites excluding steroid dienone is 1. The van der Waals surface area contributed by atoms with E-state index in [0.717, 1.165) is 10.5 Å². The van der Waals surface area contributed by atoms with E-state index in [9.17, 15) is 30.4 Å². The van der Waals surface area contributed by atoms with Crippen LogP contribution in [0.3, 0.4) is 0 Å². The zero-order valence-corrected chi connectivity index (χ0v) is 16.9. The molecule has 1 unspecified atom stereocenters. The summed E-state index contributed by atoms with van der Waals surface area (Å²) < 4.78 is 0. The minimum Gasteiger partial charge on any atom is -0.530 e. The van der Waals surface area contributed by atoms with Crippen LogP contribution >= 0.6 is 0 Å². The van der Waals surface area contributed by atoms with Gasteiger partial charge < -0.3 is 19.9 Å². The molecule has 0 heterocycles. The minimum absolute atomic E-state index is 0.107. The first-order valence-corrected chi connectivity index (χ1v) is 9.18. The summed E-state index contributed by atoms with van der Waals surface area (Å²) in [7, 11) is 0. The average Bonchev–Trinajstić information content (AvgIpc) is 2.67. The number of hydrogen-bond donors (Lipinski definition) is 1. The summed E-state index contributed by atoms with van der Waals surface area (Å²) in [4.78, 5) is 23.3. The summed E-state index contributed by atoms with van der Waals surface area (Å²) in [6.45, 7) is 4.98. The summed E-state index contributed by atoms with van der Waals surface area (Å²) in [6.07, 6.45) is -1.38. The van der Waals surface area contributed by atoms with Gasteiger partial charge in [-0.2, -0.15) is 5.26 Å². The molecule has 0 aliphatic carbocycles. The molecular formula is C22H22N3O5-. The van der Waals surface area contributed by atoms with Gasteiger partial charge in [0.15, 0.2) is 0 Å². The maximum atomic E-state index is 12.0. The first-order valence-electron chi connectivity index (χ1n) is 9.18. The molecule has 8 nitrogen and oxygen atoms in total. The second kappa shape index (κ2) is 9.09. The van der Waals surface area contributed by atoms with Gasteiger partial charge in [-0.05, 0) is 44.0 Å². The first-order chi connectivity index (χ1) is 14.1. The number of benzene rings is 2. The average molecular weight is 408 g/mol. The van der Waals surface area contributed by atoms with E-state index in [2.05, 4.69) is 0 Å². The van der Waals surface area contributed by atoms with Gasteiger partial charge in [0.1, 0.15) is 17.9 Å². The zero-order valence-electron chi connectivity index (χ0n) is 16.9. The summed E-state index contributed by atoms with van der Waals surface area (Å²) in [6, 6.07) is 14.9. The van der Waals surface area contributed by atoms with Crippen molar-refractivity contribution >= 4 is 17.4 Å². The van der Waals surface area contributed by atoms with Crippen molar-refractivity contribution in [2.75, 3.05) is 0 Å². The van der Waals surface area contributed by atoms with Crippen LogP contribution in [-0.4, -0.2) is 32.6 Å². The number of nitro groups is 1. The van der Waals surface area contributed by atoms with Crippen LogP contribution in [0.5, 0.6) is 0 Å². The number of non-ortho nitro benzene ring substituents is 1. The molecule has 0 radical (unpaired) electrons. The Balaban J connectivity index is 2.62. The highest BCUT2D eigenvalue weighted by Crippen LogP contribution is 2.29. The van der Waals surface area contributed by atoms with E-state index in [-0.39, 0.29) is 23.2 Å².